The molecule has 0 aromatic rings. The molecule has 0 heterocycles. The van der Waals surface area contributed by atoms with Crippen molar-refractivity contribution in [2.45, 2.75) is 19.9 Å². The van der Waals surface area contributed by atoms with Gasteiger partial charge in [-0.05, 0) is 26.5 Å². The van der Waals surface area contributed by atoms with E-state index >= 15 is 0 Å². The summed E-state index contributed by atoms with van der Waals surface area (Å²) in [6.07, 6.45) is 0. The van der Waals surface area contributed by atoms with Gasteiger partial charge in [0.2, 0.25) is 0 Å². The van der Waals surface area contributed by atoms with Gasteiger partial charge in [-0.2, -0.15) is 0 Å². The van der Waals surface area contributed by atoms with Gasteiger partial charge in [0.25, 0.3) is 0 Å². The molecule has 1 nitrogen and oxygen atoms in total. The van der Waals surface area contributed by atoms with Crippen LogP contribution in [0.1, 0.15) is 13.8 Å². The van der Waals surface area contributed by atoms with Crippen molar-refractivity contribution in [2.24, 2.45) is 0 Å². The monoisotopic (exact) mass is 239 g/mol. The predicted octanol–water partition coefficient (Wildman–Crippen LogP) is 2.84. The Hall–Kier alpha value is 0.470. The summed E-state index contributed by atoms with van der Waals surface area (Å²) in [5.41, 5.74) is 2.83. The van der Waals surface area contributed by atoms with Gasteiger partial charge in [0.05, 0.1) is 0 Å². The van der Waals surface area contributed by atoms with E-state index in [1.54, 1.807) is 5.54 Å². The van der Waals surface area contributed by atoms with E-state index < -0.39 is 0 Å². The van der Waals surface area contributed by atoms with Crippen LogP contribution in [-0.2, 0) is 0 Å². The van der Waals surface area contributed by atoms with Crippen molar-refractivity contribution in [3.05, 3.63) is 11.1 Å². The van der Waals surface area contributed by atoms with Gasteiger partial charge in [0, 0.05) is 23.5 Å². The highest BCUT2D eigenvalue weighted by Crippen LogP contribution is 2.04. The summed E-state index contributed by atoms with van der Waals surface area (Å²) in [5.74, 6) is 0. The fourth-order valence-corrected chi connectivity index (χ4v) is 1.26. The Kier molecular flexibility index (Phi) is 6.30. The first-order valence-electron chi connectivity index (χ1n) is 3.63. The number of alkyl halides is 1. The fourth-order valence-electron chi connectivity index (χ4n) is 0.702. The van der Waals surface area contributed by atoms with E-state index in [0.29, 0.717) is 6.04 Å². The van der Waals surface area contributed by atoms with E-state index in [9.17, 15) is 0 Å². The van der Waals surface area contributed by atoms with Gasteiger partial charge < -0.3 is 0 Å². The van der Waals surface area contributed by atoms with Crippen LogP contribution >= 0.6 is 27.5 Å². The second-order valence-electron chi connectivity index (χ2n) is 2.87. The van der Waals surface area contributed by atoms with Gasteiger partial charge in [-0.1, -0.05) is 27.5 Å². The molecule has 66 valence electrons. The zero-order valence-corrected chi connectivity index (χ0v) is 9.61. The molecule has 11 heavy (non-hydrogen) atoms. The van der Waals surface area contributed by atoms with Crippen LogP contribution in [0, 0.1) is 0 Å². The van der Waals surface area contributed by atoms with Crippen molar-refractivity contribution < 1.29 is 0 Å². The Bertz CT molecular complexity index is 136. The third-order valence-corrected chi connectivity index (χ3v) is 2.97. The number of likely N-dealkylation sites (N-methyl/N-ethyl adjacent to an activating group) is 1. The SMILES string of the molecule is CC(=CCl)CN(C)C(C)CBr. The second-order valence-corrected chi connectivity index (χ2v) is 3.74. The minimum atomic E-state index is 0.557. The van der Waals surface area contributed by atoms with Gasteiger partial charge in [0.1, 0.15) is 0 Å². The van der Waals surface area contributed by atoms with Gasteiger partial charge in [-0.15, -0.1) is 0 Å². The molecule has 3 heteroatoms. The number of hydrogen-bond donors (Lipinski definition) is 0. The Labute approximate surface area is 82.5 Å². The fraction of sp³-hybridized carbons (Fsp3) is 0.750. The first-order valence-corrected chi connectivity index (χ1v) is 5.19. The molecule has 0 aliphatic carbocycles. The van der Waals surface area contributed by atoms with Crippen molar-refractivity contribution >= 4 is 27.5 Å². The van der Waals surface area contributed by atoms with E-state index in [-0.39, 0.29) is 0 Å². The maximum Gasteiger partial charge on any atom is 0.0201 e. The standard InChI is InChI=1S/C8H15BrClN/c1-7(5-10)6-11(3)8(2)4-9/h5,8H,4,6H2,1-3H3. The van der Waals surface area contributed by atoms with Crippen LogP contribution in [-0.4, -0.2) is 29.9 Å². The molecule has 0 N–H and O–H groups in total. The predicted molar refractivity (Wildman–Crippen MR) is 55.5 cm³/mol. The largest absolute Gasteiger partial charge is 0.299 e. The Morgan fingerprint density at radius 3 is 2.64 bits per heavy atom. The molecule has 0 spiro atoms. The summed E-state index contributed by atoms with van der Waals surface area (Å²) in [5, 5.41) is 0.999. The molecule has 0 radical (unpaired) electrons. The molecule has 0 aromatic carbocycles. The Balaban J connectivity index is 3.76. The van der Waals surface area contributed by atoms with E-state index in [2.05, 4.69) is 34.8 Å². The molecule has 0 aromatic heterocycles. The first-order chi connectivity index (χ1) is 5.11. The van der Waals surface area contributed by atoms with Crippen molar-refractivity contribution in [1.82, 2.24) is 4.90 Å². The number of hydrogen-bond acceptors (Lipinski definition) is 1. The highest BCUT2D eigenvalue weighted by Gasteiger charge is 2.06. The van der Waals surface area contributed by atoms with Crippen LogP contribution in [0.3, 0.4) is 0 Å². The van der Waals surface area contributed by atoms with Gasteiger partial charge in [-0.3, -0.25) is 4.90 Å². The van der Waals surface area contributed by atoms with E-state index in [1.807, 2.05) is 6.92 Å². The lowest BCUT2D eigenvalue weighted by Gasteiger charge is -2.22. The number of rotatable bonds is 4. The summed E-state index contributed by atoms with van der Waals surface area (Å²) in [6, 6.07) is 0.557. The quantitative estimate of drug-likeness (QED) is 0.683. The molecule has 0 aliphatic heterocycles. The molecule has 0 saturated heterocycles. The molecule has 0 saturated carbocycles. The molecule has 0 rings (SSSR count). The first kappa shape index (κ1) is 11.5. The number of halogens is 2. The van der Waals surface area contributed by atoms with Crippen LogP contribution in [0.5, 0.6) is 0 Å². The molecule has 0 bridgehead atoms. The molecule has 0 amide bonds. The van der Waals surface area contributed by atoms with Crippen LogP contribution < -0.4 is 0 Å². The van der Waals surface area contributed by atoms with Crippen LogP contribution in [0.25, 0.3) is 0 Å². The maximum atomic E-state index is 5.54. The zero-order valence-electron chi connectivity index (χ0n) is 7.27. The smallest absolute Gasteiger partial charge is 0.0201 e. The minimum absolute atomic E-state index is 0.557. The summed E-state index contributed by atoms with van der Waals surface area (Å²) < 4.78 is 0. The van der Waals surface area contributed by atoms with E-state index in [0.717, 1.165) is 11.9 Å². The van der Waals surface area contributed by atoms with E-state index in [1.165, 1.54) is 5.57 Å². The Morgan fingerprint density at radius 1 is 1.73 bits per heavy atom. The minimum Gasteiger partial charge on any atom is -0.299 e. The zero-order chi connectivity index (χ0) is 8.85. The molecule has 1 unspecified atom stereocenters. The third-order valence-electron chi connectivity index (χ3n) is 1.66. The average molecular weight is 241 g/mol. The molecule has 1 atom stereocenters. The second kappa shape index (κ2) is 6.04. The van der Waals surface area contributed by atoms with Crippen LogP contribution in [0.15, 0.2) is 11.1 Å². The van der Waals surface area contributed by atoms with Crippen LogP contribution in [0.4, 0.5) is 0 Å². The molecule has 0 aliphatic rings. The van der Waals surface area contributed by atoms with Crippen molar-refractivity contribution in [2.75, 3.05) is 18.9 Å². The molecular weight excluding hydrogens is 225 g/mol. The highest BCUT2D eigenvalue weighted by molar-refractivity contribution is 9.09. The topological polar surface area (TPSA) is 3.24 Å². The number of nitrogens with zero attached hydrogens (tertiary/aromatic N) is 1. The lowest BCUT2D eigenvalue weighted by atomic mass is 10.3. The maximum absolute atomic E-state index is 5.54. The normalized spacial score (nSPS) is 15.6. The summed E-state index contributed by atoms with van der Waals surface area (Å²) >= 11 is 8.98. The molecule has 0 fully saturated rings. The summed E-state index contributed by atoms with van der Waals surface area (Å²) in [6.45, 7) is 5.15. The molecular formula is C8H15BrClN. The summed E-state index contributed by atoms with van der Waals surface area (Å²) in [4.78, 5) is 2.25. The van der Waals surface area contributed by atoms with Crippen LogP contribution in [0.2, 0.25) is 0 Å². The highest BCUT2D eigenvalue weighted by atomic mass is 79.9. The Morgan fingerprint density at radius 2 is 2.27 bits per heavy atom. The average Bonchev–Trinajstić information content (AvgIpc) is 2.02. The van der Waals surface area contributed by atoms with Gasteiger partial charge in [0.15, 0.2) is 0 Å². The van der Waals surface area contributed by atoms with E-state index in [4.69, 9.17) is 11.6 Å². The lowest BCUT2D eigenvalue weighted by molar-refractivity contribution is 0.302. The van der Waals surface area contributed by atoms with Crippen molar-refractivity contribution in [3.8, 4) is 0 Å². The van der Waals surface area contributed by atoms with Gasteiger partial charge >= 0.3 is 0 Å². The van der Waals surface area contributed by atoms with Crippen molar-refractivity contribution in [1.29, 1.82) is 0 Å². The van der Waals surface area contributed by atoms with Crippen molar-refractivity contribution in [3.63, 3.8) is 0 Å². The lowest BCUT2D eigenvalue weighted by Crippen LogP contribution is -2.31. The van der Waals surface area contributed by atoms with Gasteiger partial charge in [-0.25, -0.2) is 0 Å². The summed E-state index contributed by atoms with van der Waals surface area (Å²) in [7, 11) is 2.09. The third kappa shape index (κ3) is 4.83.